The number of carbonyl (C=O) groups is 1. The first kappa shape index (κ1) is 15.7. The third-order valence-electron chi connectivity index (χ3n) is 3.09. The van der Waals surface area contributed by atoms with Crippen molar-refractivity contribution in [1.29, 1.82) is 0 Å². The number of hydrogen-bond acceptors (Lipinski definition) is 5. The highest BCUT2D eigenvalue weighted by molar-refractivity contribution is 7.91. The average Bonchev–Trinajstić information content (AvgIpc) is 2.86. The second kappa shape index (κ2) is 6.40. The maximum Gasteiger partial charge on any atom is 0.252 e. The van der Waals surface area contributed by atoms with Gasteiger partial charge in [0.05, 0.1) is 4.34 Å². The van der Waals surface area contributed by atoms with Crippen LogP contribution >= 0.6 is 22.9 Å². The highest BCUT2D eigenvalue weighted by Gasteiger charge is 2.30. The summed E-state index contributed by atoms with van der Waals surface area (Å²) in [6.07, 6.45) is 0.299. The fourth-order valence-electron chi connectivity index (χ4n) is 2.02. The number of hydrogen-bond donors (Lipinski definition) is 1. The predicted octanol–water partition coefficient (Wildman–Crippen LogP) is 0.583. The molecule has 2 rings (SSSR count). The van der Waals surface area contributed by atoms with Crippen molar-refractivity contribution in [3.8, 4) is 0 Å². The first-order valence-electron chi connectivity index (χ1n) is 6.18. The fourth-order valence-corrected chi connectivity index (χ4v) is 5.08. The van der Waals surface area contributed by atoms with Crippen molar-refractivity contribution in [3.63, 3.8) is 0 Å². The van der Waals surface area contributed by atoms with Crippen molar-refractivity contribution < 1.29 is 13.2 Å². The van der Waals surface area contributed by atoms with E-state index >= 15 is 0 Å². The molecule has 1 aliphatic heterocycles. The molecule has 0 saturated carbocycles. The molecular weight excluding hydrogens is 322 g/mol. The van der Waals surface area contributed by atoms with Crippen LogP contribution < -0.4 is 5.73 Å². The molecule has 0 spiro atoms. The number of piperazine rings is 1. The minimum absolute atomic E-state index is 0.0243. The lowest BCUT2D eigenvalue weighted by Gasteiger charge is -2.33. The van der Waals surface area contributed by atoms with Crippen LogP contribution in [0.3, 0.4) is 0 Å². The van der Waals surface area contributed by atoms with Crippen LogP contribution in [-0.2, 0) is 14.8 Å². The molecule has 2 N–H and O–H groups in total. The summed E-state index contributed by atoms with van der Waals surface area (Å²) in [6, 6.07) is 3.08. The largest absolute Gasteiger partial charge is 0.340 e. The van der Waals surface area contributed by atoms with Gasteiger partial charge >= 0.3 is 0 Å². The van der Waals surface area contributed by atoms with Gasteiger partial charge in [0.25, 0.3) is 10.0 Å². The zero-order chi connectivity index (χ0) is 14.8. The van der Waals surface area contributed by atoms with E-state index < -0.39 is 10.0 Å². The minimum atomic E-state index is -3.50. The zero-order valence-corrected chi connectivity index (χ0v) is 13.2. The predicted molar refractivity (Wildman–Crippen MR) is 78.3 cm³/mol. The normalized spacial score (nSPS) is 17.4. The van der Waals surface area contributed by atoms with Crippen molar-refractivity contribution in [2.45, 2.75) is 10.6 Å². The van der Waals surface area contributed by atoms with Crippen LogP contribution in [0.4, 0.5) is 0 Å². The van der Waals surface area contributed by atoms with E-state index in [2.05, 4.69) is 0 Å². The van der Waals surface area contributed by atoms with Gasteiger partial charge < -0.3 is 10.6 Å². The molecule has 1 aromatic heterocycles. The molecule has 0 aliphatic carbocycles. The van der Waals surface area contributed by atoms with E-state index in [-0.39, 0.29) is 10.1 Å². The topological polar surface area (TPSA) is 83.7 Å². The van der Waals surface area contributed by atoms with Gasteiger partial charge in [0, 0.05) is 39.1 Å². The van der Waals surface area contributed by atoms with Crippen LogP contribution in [0.15, 0.2) is 16.3 Å². The summed E-state index contributed by atoms with van der Waals surface area (Å²) in [7, 11) is -3.50. The van der Waals surface area contributed by atoms with Crippen LogP contribution in [0, 0.1) is 0 Å². The second-order valence-corrected chi connectivity index (χ2v) is 8.26. The monoisotopic (exact) mass is 337 g/mol. The summed E-state index contributed by atoms with van der Waals surface area (Å²) >= 11 is 6.82. The van der Waals surface area contributed by atoms with Crippen LogP contribution in [0.5, 0.6) is 0 Å². The number of nitrogens with two attached hydrogens (primary N) is 1. The van der Waals surface area contributed by atoms with Crippen molar-refractivity contribution >= 4 is 38.9 Å². The fraction of sp³-hybridized carbons (Fsp3) is 0.545. The van der Waals surface area contributed by atoms with Gasteiger partial charge in [0.2, 0.25) is 5.91 Å². The molecule has 6 nitrogen and oxygen atoms in total. The Kier molecular flexibility index (Phi) is 5.03. The highest BCUT2D eigenvalue weighted by atomic mass is 35.5. The van der Waals surface area contributed by atoms with Gasteiger partial charge in [-0.1, -0.05) is 11.6 Å². The quantitative estimate of drug-likeness (QED) is 0.871. The molecule has 0 atom stereocenters. The summed E-state index contributed by atoms with van der Waals surface area (Å²) in [4.78, 5) is 13.3. The van der Waals surface area contributed by atoms with Gasteiger partial charge in [-0.2, -0.15) is 4.31 Å². The van der Waals surface area contributed by atoms with E-state index in [0.29, 0.717) is 43.5 Å². The van der Waals surface area contributed by atoms with Gasteiger partial charge in [0.1, 0.15) is 4.21 Å². The Morgan fingerprint density at radius 2 is 1.95 bits per heavy atom. The molecule has 112 valence electrons. The van der Waals surface area contributed by atoms with E-state index in [9.17, 15) is 13.2 Å². The molecule has 0 unspecified atom stereocenters. The van der Waals surface area contributed by atoms with Crippen molar-refractivity contribution in [2.24, 2.45) is 5.73 Å². The average molecular weight is 338 g/mol. The zero-order valence-electron chi connectivity index (χ0n) is 10.8. The highest BCUT2D eigenvalue weighted by Crippen LogP contribution is 2.28. The first-order valence-corrected chi connectivity index (χ1v) is 8.82. The smallest absolute Gasteiger partial charge is 0.252 e. The lowest BCUT2D eigenvalue weighted by molar-refractivity contribution is -0.132. The van der Waals surface area contributed by atoms with E-state index in [0.717, 1.165) is 11.3 Å². The summed E-state index contributed by atoms with van der Waals surface area (Å²) in [5.74, 6) is -0.0243. The Hall–Kier alpha value is -0.670. The van der Waals surface area contributed by atoms with Gasteiger partial charge in [0.15, 0.2) is 0 Å². The van der Waals surface area contributed by atoms with Crippen molar-refractivity contribution in [1.82, 2.24) is 9.21 Å². The van der Waals surface area contributed by atoms with Gasteiger partial charge in [-0.3, -0.25) is 4.79 Å². The van der Waals surface area contributed by atoms with Crippen LogP contribution in [0.2, 0.25) is 4.34 Å². The second-order valence-electron chi connectivity index (χ2n) is 4.38. The molecular formula is C11H16ClN3O3S2. The number of sulfonamides is 1. The molecule has 20 heavy (non-hydrogen) atoms. The minimum Gasteiger partial charge on any atom is -0.340 e. The molecule has 1 aromatic rings. The standard InChI is InChI=1S/C11H16ClN3O3S2/c12-9-1-2-11(19-9)20(17,18)15-7-5-14(6-8-15)10(16)3-4-13/h1-2H,3-8,13H2. The third-order valence-corrected chi connectivity index (χ3v) is 6.69. The van der Waals surface area contributed by atoms with Crippen molar-refractivity contribution in [2.75, 3.05) is 32.7 Å². The van der Waals surface area contributed by atoms with E-state index in [4.69, 9.17) is 17.3 Å². The van der Waals surface area contributed by atoms with Crippen LogP contribution in [-0.4, -0.2) is 56.3 Å². The molecule has 9 heteroatoms. The molecule has 1 fully saturated rings. The van der Waals surface area contributed by atoms with Gasteiger partial charge in [-0.05, 0) is 12.1 Å². The molecule has 1 saturated heterocycles. The van der Waals surface area contributed by atoms with Crippen LogP contribution in [0.1, 0.15) is 6.42 Å². The van der Waals surface area contributed by atoms with E-state index in [1.165, 1.54) is 10.4 Å². The SMILES string of the molecule is NCCC(=O)N1CCN(S(=O)(=O)c2ccc(Cl)s2)CC1. The molecule has 1 aliphatic rings. The number of halogens is 1. The lowest BCUT2D eigenvalue weighted by atomic mass is 10.3. The van der Waals surface area contributed by atoms with Crippen molar-refractivity contribution in [3.05, 3.63) is 16.5 Å². The maximum atomic E-state index is 12.4. The summed E-state index contributed by atoms with van der Waals surface area (Å²) < 4.78 is 26.8. The molecule has 0 bridgehead atoms. The third kappa shape index (κ3) is 3.32. The number of carbonyl (C=O) groups excluding carboxylic acids is 1. The Labute approximate surface area is 127 Å². The number of nitrogens with zero attached hydrogens (tertiary/aromatic N) is 2. The maximum absolute atomic E-state index is 12.4. The Balaban J connectivity index is 2.02. The Morgan fingerprint density at radius 1 is 1.30 bits per heavy atom. The van der Waals surface area contributed by atoms with Gasteiger partial charge in [-0.25, -0.2) is 8.42 Å². The summed E-state index contributed by atoms with van der Waals surface area (Å²) in [6.45, 7) is 1.71. The Bertz CT molecular complexity index is 579. The summed E-state index contributed by atoms with van der Waals surface area (Å²) in [5.41, 5.74) is 5.35. The molecule has 1 amide bonds. The molecule has 0 aromatic carbocycles. The first-order chi connectivity index (χ1) is 9.45. The van der Waals surface area contributed by atoms with Crippen LogP contribution in [0.25, 0.3) is 0 Å². The number of thiophene rings is 1. The van der Waals surface area contributed by atoms with Gasteiger partial charge in [-0.15, -0.1) is 11.3 Å². The van der Waals surface area contributed by atoms with E-state index in [1.807, 2.05) is 0 Å². The number of amides is 1. The summed E-state index contributed by atoms with van der Waals surface area (Å²) in [5, 5.41) is 0. The molecule has 2 heterocycles. The Morgan fingerprint density at radius 3 is 2.45 bits per heavy atom. The molecule has 0 radical (unpaired) electrons. The number of rotatable bonds is 4. The van der Waals surface area contributed by atoms with E-state index in [1.54, 1.807) is 11.0 Å². The lowest BCUT2D eigenvalue weighted by Crippen LogP contribution is -2.50.